The van der Waals surface area contributed by atoms with Crippen LogP contribution in [0.3, 0.4) is 0 Å². The first kappa shape index (κ1) is 22.6. The van der Waals surface area contributed by atoms with E-state index in [1.807, 2.05) is 0 Å². The van der Waals surface area contributed by atoms with E-state index in [1.165, 1.54) is 27.0 Å². The molecule has 9 heteroatoms. The van der Waals surface area contributed by atoms with Gasteiger partial charge in [0, 0.05) is 5.56 Å². The Bertz CT molecular complexity index is 899. The molecule has 2 rings (SSSR count). The number of nitrogens with one attached hydrogen (secondary N) is 1. The summed E-state index contributed by atoms with van der Waals surface area (Å²) in [5.41, 5.74) is 0.457. The molecule has 0 amide bonds. The number of aliphatic hydroxyl groups excluding tert-OH is 1. The maximum atomic E-state index is 13.2. The minimum atomic E-state index is -4.45. The Balaban J connectivity index is 2.47. The average Bonchev–Trinajstić information content (AvgIpc) is 2.59. The number of esters is 1. The highest BCUT2D eigenvalue weighted by Gasteiger charge is 2.33. The Kier molecular flexibility index (Phi) is 6.84. The summed E-state index contributed by atoms with van der Waals surface area (Å²) < 4.78 is 44.4. The summed E-state index contributed by atoms with van der Waals surface area (Å²) in [6.07, 6.45) is -5.62. The molecule has 0 spiro atoms. The first-order valence-corrected chi connectivity index (χ1v) is 9.01. The first-order valence-electron chi connectivity index (χ1n) is 9.01. The molecule has 0 aliphatic heterocycles. The monoisotopic (exact) mass is 411 g/mol. The first-order chi connectivity index (χ1) is 13.5. The SMILES string of the molecule is COC(=O)Cc1nc(C)nc(N[C@H](C)c2cccc(C(F)(F)F)c2C)c1C(C)O. The number of methoxy groups -OCH3 is 1. The summed E-state index contributed by atoms with van der Waals surface area (Å²) in [5.74, 6) is 0.0807. The van der Waals surface area contributed by atoms with Crippen LogP contribution in [0.1, 0.15) is 59.8 Å². The number of halogens is 3. The van der Waals surface area contributed by atoms with Crippen molar-refractivity contribution >= 4 is 11.8 Å². The summed E-state index contributed by atoms with van der Waals surface area (Å²) in [4.78, 5) is 20.2. The fourth-order valence-electron chi connectivity index (χ4n) is 3.24. The summed E-state index contributed by atoms with van der Waals surface area (Å²) in [6.45, 7) is 6.24. The summed E-state index contributed by atoms with van der Waals surface area (Å²) in [5, 5.41) is 13.3. The molecular weight excluding hydrogens is 387 g/mol. The van der Waals surface area contributed by atoms with Gasteiger partial charge in [-0.25, -0.2) is 9.97 Å². The molecule has 158 valence electrons. The highest BCUT2D eigenvalue weighted by Crippen LogP contribution is 2.35. The number of carbonyl (C=O) groups excluding carboxylic acids is 1. The molecule has 1 heterocycles. The molecule has 1 aromatic heterocycles. The van der Waals surface area contributed by atoms with E-state index in [4.69, 9.17) is 0 Å². The smallest absolute Gasteiger partial charge is 0.416 e. The Labute approximate surface area is 167 Å². The fraction of sp³-hybridized carbons (Fsp3) is 0.450. The number of aromatic nitrogens is 2. The van der Waals surface area contributed by atoms with Gasteiger partial charge in [-0.1, -0.05) is 12.1 Å². The molecule has 0 saturated heterocycles. The van der Waals surface area contributed by atoms with Crippen LogP contribution in [0.4, 0.5) is 19.0 Å². The van der Waals surface area contributed by atoms with Gasteiger partial charge in [-0.2, -0.15) is 13.2 Å². The van der Waals surface area contributed by atoms with E-state index >= 15 is 0 Å². The van der Waals surface area contributed by atoms with Crippen LogP contribution in [-0.2, 0) is 22.1 Å². The van der Waals surface area contributed by atoms with E-state index in [0.29, 0.717) is 22.6 Å². The third-order valence-corrected chi connectivity index (χ3v) is 4.59. The predicted molar refractivity (Wildman–Crippen MR) is 101 cm³/mol. The Morgan fingerprint density at radius 1 is 1.24 bits per heavy atom. The van der Waals surface area contributed by atoms with Crippen LogP contribution in [0.25, 0.3) is 0 Å². The minimum Gasteiger partial charge on any atom is -0.469 e. The van der Waals surface area contributed by atoms with Gasteiger partial charge in [-0.15, -0.1) is 0 Å². The van der Waals surface area contributed by atoms with E-state index in [9.17, 15) is 23.1 Å². The number of alkyl halides is 3. The Morgan fingerprint density at radius 2 is 1.90 bits per heavy atom. The van der Waals surface area contributed by atoms with Gasteiger partial charge in [0.1, 0.15) is 11.6 Å². The van der Waals surface area contributed by atoms with Gasteiger partial charge in [0.05, 0.1) is 36.9 Å². The molecule has 0 fully saturated rings. The van der Waals surface area contributed by atoms with Crippen LogP contribution in [0, 0.1) is 13.8 Å². The third-order valence-electron chi connectivity index (χ3n) is 4.59. The molecule has 0 aliphatic rings. The standard InChI is InChI=1S/C20H24F3N3O3/c1-10-14(7-6-8-15(10)20(21,22)23)11(2)24-19-18(12(3)27)16(9-17(28)29-5)25-13(4)26-19/h6-8,11-12,27H,9H2,1-5H3,(H,24,25,26)/t11-,12?/m1/s1. The van der Waals surface area contributed by atoms with Crippen molar-refractivity contribution in [1.29, 1.82) is 0 Å². The number of carbonyl (C=O) groups is 1. The number of anilines is 1. The van der Waals surface area contributed by atoms with Crippen molar-refractivity contribution in [2.45, 2.75) is 52.4 Å². The topological polar surface area (TPSA) is 84.3 Å². The van der Waals surface area contributed by atoms with Gasteiger partial charge < -0.3 is 15.2 Å². The van der Waals surface area contributed by atoms with Crippen LogP contribution in [-0.4, -0.2) is 28.2 Å². The lowest BCUT2D eigenvalue weighted by Gasteiger charge is -2.23. The van der Waals surface area contributed by atoms with Crippen molar-refractivity contribution in [3.63, 3.8) is 0 Å². The number of aliphatic hydroxyl groups is 1. The Morgan fingerprint density at radius 3 is 2.45 bits per heavy atom. The highest BCUT2D eigenvalue weighted by molar-refractivity contribution is 5.73. The van der Waals surface area contributed by atoms with Crippen LogP contribution in [0.2, 0.25) is 0 Å². The van der Waals surface area contributed by atoms with Gasteiger partial charge in [-0.05, 0) is 44.9 Å². The van der Waals surface area contributed by atoms with Gasteiger partial charge in [0.2, 0.25) is 0 Å². The predicted octanol–water partition coefficient (Wildman–Crippen LogP) is 4.05. The van der Waals surface area contributed by atoms with Crippen LogP contribution in [0.5, 0.6) is 0 Å². The molecule has 0 radical (unpaired) electrons. The van der Waals surface area contributed by atoms with Gasteiger partial charge >= 0.3 is 12.1 Å². The summed E-state index contributed by atoms with van der Waals surface area (Å²) in [6, 6.07) is 3.45. The molecule has 0 bridgehead atoms. The van der Waals surface area contributed by atoms with Gasteiger partial charge in [-0.3, -0.25) is 4.79 Å². The third kappa shape index (κ3) is 5.23. The van der Waals surface area contributed by atoms with Crippen LogP contribution < -0.4 is 5.32 Å². The number of hydrogen-bond acceptors (Lipinski definition) is 6. The molecule has 0 saturated carbocycles. The van der Waals surface area contributed by atoms with E-state index in [2.05, 4.69) is 20.0 Å². The largest absolute Gasteiger partial charge is 0.469 e. The number of ether oxygens (including phenoxy) is 1. The zero-order chi connectivity index (χ0) is 21.9. The Hall–Kier alpha value is -2.68. The number of aryl methyl sites for hydroxylation is 1. The number of rotatable bonds is 6. The number of benzene rings is 1. The second-order valence-corrected chi connectivity index (χ2v) is 6.79. The molecule has 1 unspecified atom stereocenters. The molecule has 6 nitrogen and oxygen atoms in total. The number of nitrogens with zero attached hydrogens (tertiary/aromatic N) is 2. The lowest BCUT2D eigenvalue weighted by Crippen LogP contribution is -2.18. The zero-order valence-electron chi connectivity index (χ0n) is 16.9. The average molecular weight is 411 g/mol. The van der Waals surface area contributed by atoms with Crippen molar-refractivity contribution in [2.75, 3.05) is 12.4 Å². The molecule has 29 heavy (non-hydrogen) atoms. The maximum Gasteiger partial charge on any atom is 0.416 e. The molecule has 2 atom stereocenters. The minimum absolute atomic E-state index is 0.110. The van der Waals surface area contributed by atoms with Crippen LogP contribution in [0.15, 0.2) is 18.2 Å². The molecule has 2 aromatic rings. The molecular formula is C20H24F3N3O3. The number of hydrogen-bond donors (Lipinski definition) is 2. The maximum absolute atomic E-state index is 13.2. The fourth-order valence-corrected chi connectivity index (χ4v) is 3.24. The van der Waals surface area contributed by atoms with Gasteiger partial charge in [0.15, 0.2) is 0 Å². The summed E-state index contributed by atoms with van der Waals surface area (Å²) >= 11 is 0. The second-order valence-electron chi connectivity index (χ2n) is 6.79. The van der Waals surface area contributed by atoms with Crippen molar-refractivity contribution in [3.05, 3.63) is 52.0 Å². The van der Waals surface area contributed by atoms with E-state index in [0.717, 1.165) is 6.07 Å². The van der Waals surface area contributed by atoms with Crippen molar-refractivity contribution < 1.29 is 27.8 Å². The molecule has 1 aromatic carbocycles. The lowest BCUT2D eigenvalue weighted by molar-refractivity contribution is -0.140. The molecule has 2 N–H and O–H groups in total. The van der Waals surface area contributed by atoms with E-state index in [-0.39, 0.29) is 17.8 Å². The van der Waals surface area contributed by atoms with E-state index in [1.54, 1.807) is 19.9 Å². The van der Waals surface area contributed by atoms with Crippen molar-refractivity contribution in [2.24, 2.45) is 0 Å². The van der Waals surface area contributed by atoms with Crippen molar-refractivity contribution in [1.82, 2.24) is 9.97 Å². The highest BCUT2D eigenvalue weighted by atomic mass is 19.4. The summed E-state index contributed by atoms with van der Waals surface area (Å²) in [7, 11) is 1.25. The van der Waals surface area contributed by atoms with Gasteiger partial charge in [0.25, 0.3) is 0 Å². The van der Waals surface area contributed by atoms with Crippen LogP contribution >= 0.6 is 0 Å². The zero-order valence-corrected chi connectivity index (χ0v) is 16.9. The molecule has 0 aliphatic carbocycles. The lowest BCUT2D eigenvalue weighted by atomic mass is 9.97. The second kappa shape index (κ2) is 8.77. The quantitative estimate of drug-likeness (QED) is 0.698. The van der Waals surface area contributed by atoms with Crippen molar-refractivity contribution in [3.8, 4) is 0 Å². The van der Waals surface area contributed by atoms with E-state index < -0.39 is 29.9 Å². The normalized spacial score (nSPS) is 13.7.